The summed E-state index contributed by atoms with van der Waals surface area (Å²) in [4.78, 5) is 41.3. The zero-order chi connectivity index (χ0) is 18.7. The summed E-state index contributed by atoms with van der Waals surface area (Å²) in [5.74, 6) is 2.12. The molecular formula is C12H10N4O8. The number of ether oxygens (including phenoxy) is 1. The Balaban J connectivity index is 3.42. The van der Waals surface area contributed by atoms with Crippen molar-refractivity contribution in [2.24, 2.45) is 0 Å². The summed E-state index contributed by atoms with van der Waals surface area (Å²) in [6.45, 7) is 2.68. The fourth-order valence-corrected chi connectivity index (χ4v) is 1.51. The highest BCUT2D eigenvalue weighted by atomic mass is 16.6. The van der Waals surface area contributed by atoms with E-state index in [2.05, 4.69) is 5.92 Å². The lowest BCUT2D eigenvalue weighted by molar-refractivity contribution is -0.401. The van der Waals surface area contributed by atoms with Crippen molar-refractivity contribution in [3.8, 4) is 12.3 Å². The molecule has 0 fully saturated rings. The number of nitrogens with zero attached hydrogens (tertiary/aromatic N) is 3. The van der Waals surface area contributed by atoms with Gasteiger partial charge in [-0.3, -0.25) is 35.7 Å². The molecule has 1 aromatic carbocycles. The molecule has 0 saturated carbocycles. The van der Waals surface area contributed by atoms with Gasteiger partial charge in [0.25, 0.3) is 5.69 Å². The molecule has 12 nitrogen and oxygen atoms in total. The van der Waals surface area contributed by atoms with Crippen molar-refractivity contribution in [1.29, 1.82) is 0 Å². The number of non-ortho nitro benzene ring substituents is 1. The zero-order valence-corrected chi connectivity index (χ0v) is 12.3. The van der Waals surface area contributed by atoms with Gasteiger partial charge in [-0.25, -0.2) is 4.79 Å². The average Bonchev–Trinajstić information content (AvgIpc) is 2.45. The zero-order valence-electron chi connectivity index (χ0n) is 12.3. The van der Waals surface area contributed by atoms with Gasteiger partial charge in [-0.15, -0.1) is 6.42 Å². The number of benzene rings is 1. The maximum atomic E-state index is 11.7. The van der Waals surface area contributed by atoms with E-state index in [1.807, 2.05) is 5.32 Å². The maximum absolute atomic E-state index is 11.7. The maximum Gasteiger partial charge on any atom is 0.413 e. The number of nitrogens with one attached hydrogen (secondary N) is 1. The minimum absolute atomic E-state index is 0.481. The Morgan fingerprint density at radius 1 is 1.12 bits per heavy atom. The van der Waals surface area contributed by atoms with E-state index in [1.165, 1.54) is 13.8 Å². The first-order valence-corrected chi connectivity index (χ1v) is 6.07. The molecule has 1 N–H and O–H groups in total. The molecule has 0 saturated heterocycles. The van der Waals surface area contributed by atoms with Gasteiger partial charge in [0.2, 0.25) is 5.69 Å². The molecule has 0 aliphatic heterocycles. The van der Waals surface area contributed by atoms with Crippen molar-refractivity contribution in [3.63, 3.8) is 0 Å². The highest BCUT2D eigenvalue weighted by Gasteiger charge is 2.33. The first kappa shape index (κ1) is 18.3. The number of hydrogen-bond acceptors (Lipinski definition) is 8. The predicted molar refractivity (Wildman–Crippen MR) is 79.4 cm³/mol. The summed E-state index contributed by atoms with van der Waals surface area (Å²) < 4.78 is 4.77. The van der Waals surface area contributed by atoms with Crippen LogP contribution >= 0.6 is 0 Å². The van der Waals surface area contributed by atoms with E-state index in [0.29, 0.717) is 12.1 Å². The van der Waals surface area contributed by atoms with Crippen LogP contribution in [0.5, 0.6) is 0 Å². The van der Waals surface area contributed by atoms with Crippen molar-refractivity contribution < 1.29 is 24.3 Å². The summed E-state index contributed by atoms with van der Waals surface area (Å²) in [5, 5.41) is 34.6. The Morgan fingerprint density at radius 3 is 1.92 bits per heavy atom. The number of nitro benzene ring substituents is 3. The molecule has 0 aliphatic carbocycles. The van der Waals surface area contributed by atoms with E-state index in [0.717, 1.165) is 0 Å². The Labute approximate surface area is 133 Å². The third-order valence-electron chi connectivity index (χ3n) is 2.61. The Morgan fingerprint density at radius 2 is 1.58 bits per heavy atom. The van der Waals surface area contributed by atoms with E-state index in [1.54, 1.807) is 0 Å². The lowest BCUT2D eigenvalue weighted by atomic mass is 10.1. The fraction of sp³-hybridized carbons (Fsp3) is 0.250. The van der Waals surface area contributed by atoms with Crippen LogP contribution in [0.3, 0.4) is 0 Å². The molecule has 0 spiro atoms. The van der Waals surface area contributed by atoms with Crippen molar-refractivity contribution in [1.82, 2.24) is 0 Å². The second-order valence-corrected chi connectivity index (χ2v) is 4.80. The molecule has 0 unspecified atom stereocenters. The number of terminal acetylenes is 1. The van der Waals surface area contributed by atoms with Gasteiger partial charge in [0, 0.05) is 0 Å². The van der Waals surface area contributed by atoms with Gasteiger partial charge in [-0.05, 0) is 13.8 Å². The average molecular weight is 338 g/mol. The number of rotatable bonds is 5. The fourth-order valence-electron chi connectivity index (χ4n) is 1.51. The number of amides is 1. The molecule has 1 rings (SSSR count). The third-order valence-corrected chi connectivity index (χ3v) is 2.61. The Hall–Kier alpha value is -3.75. The molecule has 0 bridgehead atoms. The highest BCUT2D eigenvalue weighted by Crippen LogP contribution is 2.38. The van der Waals surface area contributed by atoms with Crippen LogP contribution in [-0.2, 0) is 4.74 Å². The molecule has 1 amide bonds. The largest absolute Gasteiger partial charge is 0.430 e. The smallest absolute Gasteiger partial charge is 0.413 e. The number of carbonyl (C=O) groups excluding carboxylic acids is 1. The van der Waals surface area contributed by atoms with E-state index in [-0.39, 0.29) is 0 Å². The topological polar surface area (TPSA) is 168 Å². The molecule has 0 radical (unpaired) electrons. The van der Waals surface area contributed by atoms with Gasteiger partial charge in [0.15, 0.2) is 5.60 Å². The van der Waals surface area contributed by atoms with Crippen LogP contribution in [0.1, 0.15) is 13.8 Å². The molecule has 24 heavy (non-hydrogen) atoms. The van der Waals surface area contributed by atoms with Crippen molar-refractivity contribution in [3.05, 3.63) is 42.5 Å². The lowest BCUT2D eigenvalue weighted by Gasteiger charge is -2.18. The van der Waals surface area contributed by atoms with Gasteiger partial charge < -0.3 is 4.74 Å². The Bertz CT molecular complexity index is 745. The van der Waals surface area contributed by atoms with Gasteiger partial charge in [0.1, 0.15) is 0 Å². The SMILES string of the molecule is C#CC(C)(C)OC(=O)Nc1c([N+](=O)[O-])cc([N+](=O)[O-])cc1[N+](=O)[O-]. The number of hydrogen-bond donors (Lipinski definition) is 1. The molecule has 126 valence electrons. The van der Waals surface area contributed by atoms with Crippen LogP contribution in [0.15, 0.2) is 12.1 Å². The lowest BCUT2D eigenvalue weighted by Crippen LogP contribution is -2.29. The number of carbonyl (C=O) groups is 1. The van der Waals surface area contributed by atoms with Crippen molar-refractivity contribution in [2.45, 2.75) is 19.4 Å². The normalized spacial score (nSPS) is 10.4. The first-order valence-electron chi connectivity index (χ1n) is 6.07. The Kier molecular flexibility index (Phi) is 5.01. The molecule has 0 aliphatic rings. The number of nitro groups is 3. The van der Waals surface area contributed by atoms with Crippen LogP contribution in [0, 0.1) is 42.7 Å². The second-order valence-electron chi connectivity index (χ2n) is 4.80. The summed E-state index contributed by atoms with van der Waals surface area (Å²) in [6, 6.07) is 0.962. The quantitative estimate of drug-likeness (QED) is 0.484. The van der Waals surface area contributed by atoms with E-state index in [4.69, 9.17) is 11.2 Å². The monoisotopic (exact) mass is 338 g/mol. The van der Waals surface area contributed by atoms with E-state index < -0.39 is 49.2 Å². The highest BCUT2D eigenvalue weighted by molar-refractivity contribution is 5.93. The molecule has 12 heteroatoms. The molecule has 0 atom stereocenters. The van der Waals surface area contributed by atoms with Crippen LogP contribution in [0.2, 0.25) is 0 Å². The third kappa shape index (κ3) is 4.13. The molecular weight excluding hydrogens is 328 g/mol. The van der Waals surface area contributed by atoms with Crippen molar-refractivity contribution in [2.75, 3.05) is 5.32 Å². The minimum Gasteiger partial charge on any atom is -0.430 e. The van der Waals surface area contributed by atoms with Crippen LogP contribution < -0.4 is 5.32 Å². The number of anilines is 1. The van der Waals surface area contributed by atoms with Gasteiger partial charge in [0.05, 0.1) is 26.9 Å². The second kappa shape index (κ2) is 6.57. The predicted octanol–water partition coefficient (Wildman–Crippen LogP) is 2.37. The van der Waals surface area contributed by atoms with Crippen LogP contribution in [-0.4, -0.2) is 26.5 Å². The summed E-state index contributed by atoms with van der Waals surface area (Å²) in [6.07, 6.45) is 3.82. The van der Waals surface area contributed by atoms with E-state index >= 15 is 0 Å². The summed E-state index contributed by atoms with van der Waals surface area (Å²) in [7, 11) is 0. The molecule has 0 heterocycles. The van der Waals surface area contributed by atoms with Gasteiger partial charge >= 0.3 is 17.5 Å². The minimum atomic E-state index is -1.38. The first-order chi connectivity index (χ1) is 11.0. The van der Waals surface area contributed by atoms with Gasteiger partial charge in [-0.1, -0.05) is 5.92 Å². The van der Waals surface area contributed by atoms with Gasteiger partial charge in [-0.2, -0.15) is 0 Å². The summed E-state index contributed by atoms with van der Waals surface area (Å²) in [5.41, 5.74) is -5.18. The summed E-state index contributed by atoms with van der Waals surface area (Å²) >= 11 is 0. The molecule has 0 aromatic heterocycles. The van der Waals surface area contributed by atoms with E-state index in [9.17, 15) is 35.1 Å². The molecule has 1 aromatic rings. The van der Waals surface area contributed by atoms with Crippen LogP contribution in [0.4, 0.5) is 27.5 Å². The van der Waals surface area contributed by atoms with Crippen LogP contribution in [0.25, 0.3) is 0 Å². The standard InChI is InChI=1S/C12H10N4O8/c1-4-12(2,3)24-11(17)13-10-8(15(20)21)5-7(14(18)19)6-9(10)16(22)23/h1,5-6H,2-3H3,(H,13,17). The van der Waals surface area contributed by atoms with Crippen molar-refractivity contribution >= 4 is 28.8 Å².